The highest BCUT2D eigenvalue weighted by Crippen LogP contribution is 2.41. The maximum Gasteiger partial charge on any atom is 0.258 e. The van der Waals surface area contributed by atoms with Gasteiger partial charge in [0.1, 0.15) is 0 Å². The van der Waals surface area contributed by atoms with E-state index in [0.29, 0.717) is 0 Å². The van der Waals surface area contributed by atoms with Crippen molar-refractivity contribution in [2.75, 3.05) is 6.54 Å². The molecular formula is C15H19NOSi. The van der Waals surface area contributed by atoms with Crippen LogP contribution in [0.2, 0.25) is 19.6 Å². The third-order valence-electron chi connectivity index (χ3n) is 3.93. The minimum atomic E-state index is -1.35. The molecule has 94 valence electrons. The lowest BCUT2D eigenvalue weighted by molar-refractivity contribution is 0.0845. The minimum Gasteiger partial charge on any atom is -0.308 e. The number of benzene rings is 1. The van der Waals surface area contributed by atoms with E-state index in [2.05, 4.69) is 25.7 Å². The summed E-state index contributed by atoms with van der Waals surface area (Å²) in [5, 5.41) is 1.56. The largest absolute Gasteiger partial charge is 0.308 e. The van der Waals surface area contributed by atoms with Crippen LogP contribution in [-0.4, -0.2) is 25.4 Å². The smallest absolute Gasteiger partial charge is 0.258 e. The van der Waals surface area contributed by atoms with Crippen LogP contribution in [0.15, 0.2) is 29.5 Å². The average Bonchev–Trinajstić information content (AvgIpc) is 2.63. The molecule has 0 bridgehead atoms. The predicted molar refractivity (Wildman–Crippen MR) is 77.0 cm³/mol. The van der Waals surface area contributed by atoms with Crippen molar-refractivity contribution in [2.45, 2.75) is 32.5 Å². The van der Waals surface area contributed by atoms with E-state index >= 15 is 0 Å². The van der Waals surface area contributed by atoms with Crippen molar-refractivity contribution in [3.63, 3.8) is 0 Å². The van der Waals surface area contributed by atoms with Crippen molar-refractivity contribution >= 4 is 19.7 Å². The number of hydrogen-bond donors (Lipinski definition) is 0. The number of fused-ring (bicyclic) bond motifs is 3. The van der Waals surface area contributed by atoms with Crippen molar-refractivity contribution in [2.24, 2.45) is 0 Å². The van der Waals surface area contributed by atoms with Crippen LogP contribution >= 0.6 is 0 Å². The highest BCUT2D eigenvalue weighted by Gasteiger charge is 2.38. The van der Waals surface area contributed by atoms with Crippen molar-refractivity contribution in [1.29, 1.82) is 0 Å². The molecule has 2 aliphatic heterocycles. The summed E-state index contributed by atoms with van der Waals surface area (Å²) in [6.07, 6.45) is 2.28. The molecule has 1 aromatic rings. The fourth-order valence-corrected chi connectivity index (χ4v) is 4.98. The zero-order chi connectivity index (χ0) is 12.9. The molecule has 2 heterocycles. The number of nitrogens with zero attached hydrogens (tertiary/aromatic N) is 1. The van der Waals surface area contributed by atoms with E-state index in [1.807, 2.05) is 23.1 Å². The molecule has 1 amide bonds. The maximum absolute atomic E-state index is 12.4. The normalized spacial score (nSPS) is 19.1. The van der Waals surface area contributed by atoms with Crippen molar-refractivity contribution in [3.05, 3.63) is 40.6 Å². The van der Waals surface area contributed by atoms with E-state index in [0.717, 1.165) is 18.5 Å². The Bertz CT molecular complexity index is 554. The monoisotopic (exact) mass is 257 g/mol. The molecule has 3 rings (SSSR count). The first-order valence-corrected chi connectivity index (χ1v) is 10.1. The SMILES string of the molecule is C[Si](C)(C)C1=C2c3ccccc3C(=O)N2CCC1. The van der Waals surface area contributed by atoms with Gasteiger partial charge in [-0.3, -0.25) is 4.79 Å². The van der Waals surface area contributed by atoms with Gasteiger partial charge in [-0.15, -0.1) is 0 Å². The Labute approximate surface area is 109 Å². The Kier molecular flexibility index (Phi) is 2.49. The van der Waals surface area contributed by atoms with Gasteiger partial charge in [-0.1, -0.05) is 43.0 Å². The number of hydrogen-bond acceptors (Lipinski definition) is 1. The minimum absolute atomic E-state index is 0.205. The fraction of sp³-hybridized carbons (Fsp3) is 0.400. The second kappa shape index (κ2) is 3.82. The van der Waals surface area contributed by atoms with Gasteiger partial charge in [-0.25, -0.2) is 0 Å². The molecule has 0 unspecified atom stereocenters. The van der Waals surface area contributed by atoms with Gasteiger partial charge in [0.2, 0.25) is 0 Å². The Balaban J connectivity index is 2.27. The van der Waals surface area contributed by atoms with Gasteiger partial charge in [-0.05, 0) is 18.9 Å². The summed E-state index contributed by atoms with van der Waals surface area (Å²) in [6.45, 7) is 8.02. The lowest BCUT2D eigenvalue weighted by Crippen LogP contribution is -2.35. The van der Waals surface area contributed by atoms with Gasteiger partial charge >= 0.3 is 0 Å². The van der Waals surface area contributed by atoms with E-state index in [1.165, 1.54) is 17.7 Å². The van der Waals surface area contributed by atoms with E-state index in [4.69, 9.17) is 0 Å². The Morgan fingerprint density at radius 2 is 1.78 bits per heavy atom. The van der Waals surface area contributed by atoms with Crippen molar-refractivity contribution in [1.82, 2.24) is 4.90 Å². The van der Waals surface area contributed by atoms with Crippen LogP contribution in [0, 0.1) is 0 Å². The molecule has 2 nitrogen and oxygen atoms in total. The summed E-state index contributed by atoms with van der Waals surface area (Å²) >= 11 is 0. The van der Waals surface area contributed by atoms with Gasteiger partial charge < -0.3 is 4.90 Å². The van der Waals surface area contributed by atoms with E-state index in [-0.39, 0.29) is 5.91 Å². The van der Waals surface area contributed by atoms with Gasteiger partial charge in [0.25, 0.3) is 5.91 Å². The van der Waals surface area contributed by atoms with E-state index in [9.17, 15) is 4.79 Å². The molecule has 0 radical (unpaired) electrons. The van der Waals surface area contributed by atoms with Crippen LogP contribution < -0.4 is 0 Å². The summed E-state index contributed by atoms with van der Waals surface area (Å²) in [5.41, 5.74) is 3.31. The summed E-state index contributed by atoms with van der Waals surface area (Å²) in [6, 6.07) is 8.07. The molecule has 18 heavy (non-hydrogen) atoms. The second-order valence-corrected chi connectivity index (χ2v) is 11.3. The first-order chi connectivity index (χ1) is 8.50. The number of carbonyl (C=O) groups is 1. The third kappa shape index (κ3) is 1.57. The summed E-state index contributed by atoms with van der Waals surface area (Å²) in [4.78, 5) is 14.4. The molecule has 0 atom stereocenters. The van der Waals surface area contributed by atoms with Gasteiger partial charge in [0, 0.05) is 23.4 Å². The first-order valence-electron chi connectivity index (χ1n) is 6.65. The molecule has 0 aliphatic carbocycles. The number of carbonyl (C=O) groups excluding carboxylic acids is 1. The summed E-state index contributed by atoms with van der Waals surface area (Å²) in [7, 11) is -1.35. The molecule has 0 fully saturated rings. The third-order valence-corrected chi connectivity index (χ3v) is 6.22. The van der Waals surface area contributed by atoms with Crippen LogP contribution in [0.4, 0.5) is 0 Å². The van der Waals surface area contributed by atoms with Gasteiger partial charge in [-0.2, -0.15) is 0 Å². The van der Waals surface area contributed by atoms with Crippen LogP contribution in [0.1, 0.15) is 28.8 Å². The topological polar surface area (TPSA) is 20.3 Å². The molecule has 0 aromatic heterocycles. The first kappa shape index (κ1) is 11.7. The van der Waals surface area contributed by atoms with Crippen molar-refractivity contribution < 1.29 is 4.79 Å². The van der Waals surface area contributed by atoms with E-state index < -0.39 is 8.07 Å². The number of amides is 1. The van der Waals surface area contributed by atoms with Crippen LogP contribution in [0.3, 0.4) is 0 Å². The highest BCUT2D eigenvalue weighted by atomic mass is 28.3. The van der Waals surface area contributed by atoms with E-state index in [1.54, 1.807) is 5.20 Å². The predicted octanol–water partition coefficient (Wildman–Crippen LogP) is 3.52. The van der Waals surface area contributed by atoms with Crippen LogP contribution in [-0.2, 0) is 0 Å². The lowest BCUT2D eigenvalue weighted by Gasteiger charge is -2.33. The number of rotatable bonds is 1. The second-order valence-electron chi connectivity index (χ2n) is 6.18. The summed E-state index contributed by atoms with van der Waals surface area (Å²) < 4.78 is 0. The Morgan fingerprint density at radius 3 is 2.44 bits per heavy atom. The zero-order valence-electron chi connectivity index (χ0n) is 11.3. The van der Waals surface area contributed by atoms with Gasteiger partial charge in [0.05, 0.1) is 8.07 Å². The molecule has 2 aliphatic rings. The quantitative estimate of drug-likeness (QED) is 0.705. The number of allylic oxidation sites excluding steroid dienone is 1. The standard InChI is InChI=1S/C15H19NOSi/c1-18(2,3)13-9-6-10-16-14(13)11-7-4-5-8-12(11)15(16)17/h4-5,7-8H,6,9-10H2,1-3H3. The fourth-order valence-electron chi connectivity index (χ4n) is 3.07. The van der Waals surface area contributed by atoms with Crippen LogP contribution in [0.25, 0.3) is 5.70 Å². The summed E-state index contributed by atoms with van der Waals surface area (Å²) in [5.74, 6) is 0.205. The molecule has 0 saturated carbocycles. The van der Waals surface area contributed by atoms with Crippen LogP contribution in [0.5, 0.6) is 0 Å². The van der Waals surface area contributed by atoms with Gasteiger partial charge in [0.15, 0.2) is 0 Å². The Morgan fingerprint density at radius 1 is 1.11 bits per heavy atom. The molecule has 0 N–H and O–H groups in total. The molecule has 1 aromatic carbocycles. The highest BCUT2D eigenvalue weighted by molar-refractivity contribution is 6.84. The molecule has 0 saturated heterocycles. The molecule has 3 heteroatoms. The maximum atomic E-state index is 12.4. The zero-order valence-corrected chi connectivity index (χ0v) is 12.3. The molecular weight excluding hydrogens is 238 g/mol. The Hall–Kier alpha value is -1.35. The molecule has 0 spiro atoms. The van der Waals surface area contributed by atoms with Crippen molar-refractivity contribution in [3.8, 4) is 0 Å². The average molecular weight is 257 g/mol. The lowest BCUT2D eigenvalue weighted by atomic mass is 10.1.